The minimum Gasteiger partial charge on any atom is -0.496 e. The first-order chi connectivity index (χ1) is 14.8. The number of para-hydroxylation sites is 1. The second-order valence-corrected chi connectivity index (χ2v) is 7.28. The molecule has 2 aromatic carbocycles. The number of aliphatic imine (C=N–C) groups is 1. The largest absolute Gasteiger partial charge is 0.496 e. The molecule has 1 aliphatic heterocycles. The average molecular weight is 538 g/mol. The van der Waals surface area contributed by atoms with E-state index in [9.17, 15) is 0 Å². The van der Waals surface area contributed by atoms with Crippen molar-refractivity contribution in [2.24, 2.45) is 4.99 Å². The Hall–Kier alpha value is -1.84. The van der Waals surface area contributed by atoms with Gasteiger partial charge in [0.1, 0.15) is 5.75 Å². The molecule has 6 nitrogen and oxygen atoms in total. The van der Waals surface area contributed by atoms with Crippen LogP contribution in [-0.2, 0) is 11.2 Å². The highest BCUT2D eigenvalue weighted by atomic mass is 127. The molecule has 3 rings (SSSR count). The number of hydrogen-bond donors (Lipinski definition) is 2. The summed E-state index contributed by atoms with van der Waals surface area (Å²) in [5.41, 5.74) is 2.49. The zero-order valence-electron chi connectivity index (χ0n) is 18.5. The maximum Gasteiger partial charge on any atom is 0.191 e. The Balaban J connectivity index is 0.00000341. The molecule has 1 saturated heterocycles. The van der Waals surface area contributed by atoms with E-state index < -0.39 is 0 Å². The molecule has 0 aromatic heterocycles. The first-order valence-electron chi connectivity index (χ1n) is 10.8. The Kier molecular flexibility index (Phi) is 11.7. The van der Waals surface area contributed by atoms with Crippen LogP contribution in [0.4, 0.5) is 0 Å². The van der Waals surface area contributed by atoms with E-state index in [1.54, 1.807) is 7.11 Å². The molecule has 2 aromatic rings. The number of rotatable bonds is 9. The SMILES string of the molecule is CCNC(=NCC(c1ccccc1)N1CCOCC1)NCCc1ccccc1OC.I. The van der Waals surface area contributed by atoms with Crippen LogP contribution in [0, 0.1) is 0 Å². The maximum atomic E-state index is 5.55. The molecule has 1 fully saturated rings. The van der Waals surface area contributed by atoms with Crippen molar-refractivity contribution in [1.82, 2.24) is 15.5 Å². The quantitative estimate of drug-likeness (QED) is 0.291. The Morgan fingerprint density at radius 3 is 2.48 bits per heavy atom. The van der Waals surface area contributed by atoms with E-state index in [0.29, 0.717) is 6.54 Å². The molecule has 0 bridgehead atoms. The highest BCUT2D eigenvalue weighted by molar-refractivity contribution is 14.0. The number of morpholine rings is 1. The van der Waals surface area contributed by atoms with Gasteiger partial charge in [-0.2, -0.15) is 0 Å². The van der Waals surface area contributed by atoms with Crippen LogP contribution in [0.1, 0.15) is 24.1 Å². The number of nitrogens with zero attached hydrogens (tertiary/aromatic N) is 2. The third-order valence-electron chi connectivity index (χ3n) is 5.32. The number of nitrogens with one attached hydrogen (secondary N) is 2. The molecule has 1 unspecified atom stereocenters. The van der Waals surface area contributed by atoms with Crippen molar-refractivity contribution in [3.8, 4) is 5.75 Å². The summed E-state index contributed by atoms with van der Waals surface area (Å²) in [6.45, 7) is 7.85. The number of benzene rings is 2. The fourth-order valence-corrected chi connectivity index (χ4v) is 3.74. The van der Waals surface area contributed by atoms with Crippen LogP contribution in [0.25, 0.3) is 0 Å². The molecule has 1 heterocycles. The van der Waals surface area contributed by atoms with Crippen LogP contribution in [0.5, 0.6) is 5.75 Å². The normalized spacial score (nSPS) is 15.6. The van der Waals surface area contributed by atoms with Crippen LogP contribution >= 0.6 is 24.0 Å². The van der Waals surface area contributed by atoms with Crippen molar-refractivity contribution in [2.75, 3.05) is 53.0 Å². The lowest BCUT2D eigenvalue weighted by atomic mass is 10.1. The van der Waals surface area contributed by atoms with Crippen LogP contribution in [0.3, 0.4) is 0 Å². The smallest absolute Gasteiger partial charge is 0.191 e. The van der Waals surface area contributed by atoms with Gasteiger partial charge in [-0.1, -0.05) is 48.5 Å². The number of halogens is 1. The summed E-state index contributed by atoms with van der Waals surface area (Å²) in [6.07, 6.45) is 0.875. The van der Waals surface area contributed by atoms with Gasteiger partial charge in [0.25, 0.3) is 0 Å². The van der Waals surface area contributed by atoms with E-state index in [1.807, 2.05) is 18.2 Å². The van der Waals surface area contributed by atoms with E-state index in [0.717, 1.165) is 57.5 Å². The number of methoxy groups -OCH3 is 1. The Morgan fingerprint density at radius 2 is 1.77 bits per heavy atom. The fourth-order valence-electron chi connectivity index (χ4n) is 3.74. The maximum absolute atomic E-state index is 5.55. The van der Waals surface area contributed by atoms with E-state index >= 15 is 0 Å². The van der Waals surface area contributed by atoms with E-state index in [-0.39, 0.29) is 30.0 Å². The summed E-state index contributed by atoms with van der Waals surface area (Å²) in [4.78, 5) is 7.39. The van der Waals surface area contributed by atoms with Gasteiger partial charge in [-0.05, 0) is 30.5 Å². The first kappa shape index (κ1) is 25.4. The minimum atomic E-state index is 0. The van der Waals surface area contributed by atoms with Crippen LogP contribution in [0.15, 0.2) is 59.6 Å². The second-order valence-electron chi connectivity index (χ2n) is 7.28. The van der Waals surface area contributed by atoms with Gasteiger partial charge < -0.3 is 20.1 Å². The van der Waals surface area contributed by atoms with Crippen molar-refractivity contribution in [3.63, 3.8) is 0 Å². The lowest BCUT2D eigenvalue weighted by Crippen LogP contribution is -2.42. The topological polar surface area (TPSA) is 58.1 Å². The zero-order chi connectivity index (χ0) is 21.0. The minimum absolute atomic E-state index is 0. The molecule has 31 heavy (non-hydrogen) atoms. The summed E-state index contributed by atoms with van der Waals surface area (Å²) in [6, 6.07) is 19.0. The van der Waals surface area contributed by atoms with Gasteiger partial charge in [-0.25, -0.2) is 0 Å². The molecule has 170 valence electrons. The van der Waals surface area contributed by atoms with Crippen LogP contribution in [-0.4, -0.2) is 63.9 Å². The molecule has 0 amide bonds. The lowest BCUT2D eigenvalue weighted by molar-refractivity contribution is 0.0180. The van der Waals surface area contributed by atoms with Gasteiger partial charge in [0, 0.05) is 26.2 Å². The Bertz CT molecular complexity index is 782. The fraction of sp³-hybridized carbons (Fsp3) is 0.458. The molecule has 2 N–H and O–H groups in total. The summed E-state index contributed by atoms with van der Waals surface area (Å²) < 4.78 is 11.0. The summed E-state index contributed by atoms with van der Waals surface area (Å²) >= 11 is 0. The zero-order valence-corrected chi connectivity index (χ0v) is 20.9. The van der Waals surface area contributed by atoms with Gasteiger partial charge in [0.2, 0.25) is 0 Å². The molecule has 1 atom stereocenters. The third-order valence-corrected chi connectivity index (χ3v) is 5.32. The first-order valence-corrected chi connectivity index (χ1v) is 10.8. The standard InChI is InChI=1S/C24H34N4O2.HI/c1-3-25-24(26-14-13-21-11-7-8-12-23(21)29-2)27-19-22(20-9-5-4-6-10-20)28-15-17-30-18-16-28;/h4-12,22H,3,13-19H2,1-2H3,(H2,25,26,27);1H. The predicted molar refractivity (Wildman–Crippen MR) is 138 cm³/mol. The average Bonchev–Trinajstić information content (AvgIpc) is 2.81. The van der Waals surface area contributed by atoms with Gasteiger partial charge >= 0.3 is 0 Å². The second kappa shape index (κ2) is 14.3. The van der Waals surface area contributed by atoms with E-state index in [4.69, 9.17) is 14.5 Å². The van der Waals surface area contributed by atoms with E-state index in [2.05, 4.69) is 58.9 Å². The van der Waals surface area contributed by atoms with Crippen molar-refractivity contribution >= 4 is 29.9 Å². The summed E-state index contributed by atoms with van der Waals surface area (Å²) in [5, 5.41) is 6.84. The number of ether oxygens (including phenoxy) is 2. The molecular formula is C24H35IN4O2. The molecule has 1 aliphatic rings. The van der Waals surface area contributed by atoms with Gasteiger partial charge in [-0.3, -0.25) is 9.89 Å². The van der Waals surface area contributed by atoms with E-state index in [1.165, 1.54) is 11.1 Å². The lowest BCUT2D eigenvalue weighted by Gasteiger charge is -2.34. The monoisotopic (exact) mass is 538 g/mol. The number of hydrogen-bond acceptors (Lipinski definition) is 4. The third kappa shape index (κ3) is 7.97. The molecule has 0 saturated carbocycles. The predicted octanol–water partition coefficient (Wildman–Crippen LogP) is 3.48. The van der Waals surface area contributed by atoms with Crippen molar-refractivity contribution in [2.45, 2.75) is 19.4 Å². The van der Waals surface area contributed by atoms with Crippen LogP contribution < -0.4 is 15.4 Å². The van der Waals surface area contributed by atoms with Crippen molar-refractivity contribution < 1.29 is 9.47 Å². The van der Waals surface area contributed by atoms with Gasteiger partial charge in [-0.15, -0.1) is 24.0 Å². The number of guanidine groups is 1. The summed E-state index contributed by atoms with van der Waals surface area (Å²) in [5.74, 6) is 1.78. The van der Waals surface area contributed by atoms with Gasteiger partial charge in [0.15, 0.2) is 5.96 Å². The van der Waals surface area contributed by atoms with Gasteiger partial charge in [0.05, 0.1) is 32.9 Å². The molecule has 0 aliphatic carbocycles. The Labute approximate surface area is 203 Å². The van der Waals surface area contributed by atoms with Crippen molar-refractivity contribution in [3.05, 3.63) is 65.7 Å². The molecule has 0 spiro atoms. The molecule has 0 radical (unpaired) electrons. The Morgan fingerprint density at radius 1 is 1.06 bits per heavy atom. The highest BCUT2D eigenvalue weighted by Crippen LogP contribution is 2.22. The summed E-state index contributed by atoms with van der Waals surface area (Å²) in [7, 11) is 1.72. The van der Waals surface area contributed by atoms with Crippen molar-refractivity contribution in [1.29, 1.82) is 0 Å². The molecular weight excluding hydrogens is 503 g/mol. The molecule has 7 heteroatoms. The highest BCUT2D eigenvalue weighted by Gasteiger charge is 2.22. The van der Waals surface area contributed by atoms with Crippen LogP contribution in [0.2, 0.25) is 0 Å².